The van der Waals surface area contributed by atoms with Crippen molar-refractivity contribution in [3.8, 4) is 0 Å². The number of rotatable bonds is 4. The molecule has 1 aromatic rings. The van der Waals surface area contributed by atoms with E-state index in [1.165, 1.54) is 11.3 Å². The van der Waals surface area contributed by atoms with Crippen LogP contribution >= 0.6 is 11.3 Å². The zero-order valence-corrected chi connectivity index (χ0v) is 12.2. The third-order valence-corrected chi connectivity index (χ3v) is 4.13. The molecule has 2 amide bonds. The van der Waals surface area contributed by atoms with E-state index in [9.17, 15) is 9.59 Å². The fourth-order valence-electron chi connectivity index (χ4n) is 2.19. The summed E-state index contributed by atoms with van der Waals surface area (Å²) < 4.78 is 0. The van der Waals surface area contributed by atoms with Crippen LogP contribution in [0.3, 0.4) is 0 Å². The molecule has 1 N–H and O–H groups in total. The molecule has 1 fully saturated rings. The van der Waals surface area contributed by atoms with Crippen molar-refractivity contribution in [1.82, 2.24) is 9.80 Å². The number of thiophene rings is 1. The van der Waals surface area contributed by atoms with E-state index in [2.05, 4.69) is 0 Å². The lowest BCUT2D eigenvalue weighted by Crippen LogP contribution is -2.38. The monoisotopic (exact) mass is 294 g/mol. The van der Waals surface area contributed by atoms with E-state index in [1.807, 2.05) is 16.3 Å². The summed E-state index contributed by atoms with van der Waals surface area (Å²) in [4.78, 5) is 27.2. The summed E-state index contributed by atoms with van der Waals surface area (Å²) >= 11 is 1.53. The van der Waals surface area contributed by atoms with Crippen molar-refractivity contribution in [2.75, 3.05) is 20.1 Å². The summed E-state index contributed by atoms with van der Waals surface area (Å²) in [6, 6.07) is 1.98. The maximum atomic E-state index is 12.1. The van der Waals surface area contributed by atoms with Gasteiger partial charge in [0, 0.05) is 31.1 Å². The highest BCUT2D eigenvalue weighted by atomic mass is 32.1. The number of carboxylic acid groups (broad SMARTS) is 1. The molecule has 0 unspecified atom stereocenters. The highest BCUT2D eigenvalue weighted by molar-refractivity contribution is 7.10. The molecule has 1 aromatic heterocycles. The van der Waals surface area contributed by atoms with Gasteiger partial charge in [0.1, 0.15) is 0 Å². The van der Waals surface area contributed by atoms with Crippen molar-refractivity contribution in [2.24, 2.45) is 0 Å². The number of hydrogen-bond donors (Lipinski definition) is 1. The van der Waals surface area contributed by atoms with Crippen molar-refractivity contribution in [3.05, 3.63) is 28.0 Å². The third-order valence-electron chi connectivity index (χ3n) is 3.19. The minimum Gasteiger partial charge on any atom is -0.478 e. The Kier molecular flexibility index (Phi) is 4.79. The molecule has 2 heterocycles. The van der Waals surface area contributed by atoms with Gasteiger partial charge in [0.25, 0.3) is 0 Å². The summed E-state index contributed by atoms with van der Waals surface area (Å²) in [7, 11) is 1.80. The highest BCUT2D eigenvalue weighted by Gasteiger charge is 2.21. The van der Waals surface area contributed by atoms with E-state index in [4.69, 9.17) is 5.11 Å². The number of aliphatic carboxylic acids is 1. The Morgan fingerprint density at radius 3 is 2.80 bits per heavy atom. The van der Waals surface area contributed by atoms with Crippen LogP contribution in [0, 0.1) is 0 Å². The van der Waals surface area contributed by atoms with Crippen LogP contribution in [-0.4, -0.2) is 47.0 Å². The molecule has 0 saturated carbocycles. The molecule has 2 rings (SSSR count). The molecule has 0 aliphatic carbocycles. The number of hydrogen-bond acceptors (Lipinski definition) is 3. The predicted molar refractivity (Wildman–Crippen MR) is 78.7 cm³/mol. The second-order valence-electron chi connectivity index (χ2n) is 4.85. The van der Waals surface area contributed by atoms with Crippen LogP contribution in [0.1, 0.15) is 23.3 Å². The average Bonchev–Trinajstić information content (AvgIpc) is 3.06. The lowest BCUT2D eigenvalue weighted by Gasteiger charge is -2.23. The third kappa shape index (κ3) is 3.84. The quantitative estimate of drug-likeness (QED) is 0.868. The van der Waals surface area contributed by atoms with E-state index in [-0.39, 0.29) is 6.03 Å². The Morgan fingerprint density at radius 1 is 1.45 bits per heavy atom. The number of likely N-dealkylation sites (tertiary alicyclic amines) is 1. The van der Waals surface area contributed by atoms with E-state index in [1.54, 1.807) is 18.0 Å². The van der Waals surface area contributed by atoms with Gasteiger partial charge in [0.15, 0.2) is 0 Å². The second kappa shape index (κ2) is 6.56. The Balaban J connectivity index is 1.92. The minimum absolute atomic E-state index is 0.0681. The summed E-state index contributed by atoms with van der Waals surface area (Å²) in [5.41, 5.74) is 0.856. The summed E-state index contributed by atoms with van der Waals surface area (Å²) in [6.45, 7) is 2.25. The molecule has 5 nitrogen and oxygen atoms in total. The van der Waals surface area contributed by atoms with E-state index < -0.39 is 5.97 Å². The number of urea groups is 1. The van der Waals surface area contributed by atoms with Crippen LogP contribution in [0.25, 0.3) is 6.08 Å². The van der Waals surface area contributed by atoms with Crippen LogP contribution in [0.15, 0.2) is 17.5 Å². The molecule has 0 atom stereocenters. The second-order valence-corrected chi connectivity index (χ2v) is 5.85. The summed E-state index contributed by atoms with van der Waals surface area (Å²) in [6.07, 6.45) is 4.85. The molecule has 1 aliphatic heterocycles. The number of carbonyl (C=O) groups is 2. The molecule has 1 saturated heterocycles. The molecular weight excluding hydrogens is 276 g/mol. The SMILES string of the molecule is CN(Cc1cc(C=CC(=O)O)cs1)C(=O)N1CCCC1. The van der Waals surface area contributed by atoms with Crippen LogP contribution in [0.4, 0.5) is 4.79 Å². The largest absolute Gasteiger partial charge is 0.478 e. The van der Waals surface area contributed by atoms with Crippen LogP contribution in [0.5, 0.6) is 0 Å². The molecule has 20 heavy (non-hydrogen) atoms. The van der Waals surface area contributed by atoms with Crippen molar-refractivity contribution in [3.63, 3.8) is 0 Å². The van der Waals surface area contributed by atoms with Crippen LogP contribution in [-0.2, 0) is 11.3 Å². The van der Waals surface area contributed by atoms with Gasteiger partial charge in [-0.1, -0.05) is 0 Å². The van der Waals surface area contributed by atoms with E-state index >= 15 is 0 Å². The molecule has 0 bridgehead atoms. The van der Waals surface area contributed by atoms with Gasteiger partial charge in [-0.25, -0.2) is 9.59 Å². The fraction of sp³-hybridized carbons (Fsp3) is 0.429. The van der Waals surface area contributed by atoms with Gasteiger partial charge < -0.3 is 14.9 Å². The summed E-state index contributed by atoms with van der Waals surface area (Å²) in [5.74, 6) is -0.959. The average molecular weight is 294 g/mol. The number of amides is 2. The first kappa shape index (κ1) is 14.6. The van der Waals surface area contributed by atoms with Gasteiger partial charge in [0.2, 0.25) is 0 Å². The van der Waals surface area contributed by atoms with Gasteiger partial charge in [-0.2, -0.15) is 0 Å². The fourth-order valence-corrected chi connectivity index (χ4v) is 3.09. The van der Waals surface area contributed by atoms with Gasteiger partial charge >= 0.3 is 12.0 Å². The Labute approximate surface area is 122 Å². The lowest BCUT2D eigenvalue weighted by molar-refractivity contribution is -0.131. The van der Waals surface area contributed by atoms with Crippen molar-refractivity contribution < 1.29 is 14.7 Å². The molecule has 6 heteroatoms. The number of carbonyl (C=O) groups excluding carboxylic acids is 1. The first-order valence-electron chi connectivity index (χ1n) is 6.55. The van der Waals surface area contributed by atoms with Gasteiger partial charge in [0.05, 0.1) is 6.54 Å². The molecular formula is C14H18N2O3S. The lowest BCUT2D eigenvalue weighted by atomic mass is 10.3. The van der Waals surface area contributed by atoms with Crippen molar-refractivity contribution in [1.29, 1.82) is 0 Å². The normalized spacial score (nSPS) is 14.9. The van der Waals surface area contributed by atoms with Crippen molar-refractivity contribution in [2.45, 2.75) is 19.4 Å². The maximum absolute atomic E-state index is 12.1. The number of nitrogens with zero attached hydrogens (tertiary/aromatic N) is 2. The molecule has 1 aliphatic rings. The smallest absolute Gasteiger partial charge is 0.328 e. The van der Waals surface area contributed by atoms with Gasteiger partial charge in [-0.15, -0.1) is 11.3 Å². The van der Waals surface area contributed by atoms with Crippen LogP contribution in [0.2, 0.25) is 0 Å². The predicted octanol–water partition coefficient (Wildman–Crippen LogP) is 2.49. The zero-order chi connectivity index (χ0) is 14.5. The number of carboxylic acids is 1. The zero-order valence-electron chi connectivity index (χ0n) is 11.4. The highest BCUT2D eigenvalue weighted by Crippen LogP contribution is 2.19. The first-order chi connectivity index (χ1) is 9.56. The molecule has 0 spiro atoms. The van der Waals surface area contributed by atoms with Gasteiger partial charge in [-0.05, 0) is 35.9 Å². The van der Waals surface area contributed by atoms with Gasteiger partial charge in [-0.3, -0.25) is 0 Å². The van der Waals surface area contributed by atoms with Crippen LogP contribution < -0.4 is 0 Å². The van der Waals surface area contributed by atoms with E-state index in [0.29, 0.717) is 6.54 Å². The first-order valence-corrected chi connectivity index (χ1v) is 7.42. The Morgan fingerprint density at radius 2 is 2.15 bits per heavy atom. The topological polar surface area (TPSA) is 60.9 Å². The summed E-state index contributed by atoms with van der Waals surface area (Å²) in [5, 5.41) is 10.5. The Bertz CT molecular complexity index is 518. The molecule has 0 radical (unpaired) electrons. The standard InChI is InChI=1S/C14H18N2O3S/c1-15(14(19)16-6-2-3-7-16)9-12-8-11(10-20-12)4-5-13(17)18/h4-5,8,10H,2-3,6-7,9H2,1H3,(H,17,18). The molecule has 108 valence electrons. The van der Waals surface area contributed by atoms with Crippen molar-refractivity contribution >= 4 is 29.4 Å². The Hall–Kier alpha value is -1.82. The molecule has 0 aromatic carbocycles. The minimum atomic E-state index is -0.959. The maximum Gasteiger partial charge on any atom is 0.328 e. The van der Waals surface area contributed by atoms with E-state index in [0.717, 1.165) is 42.4 Å².